The van der Waals surface area contributed by atoms with Gasteiger partial charge in [-0.15, -0.1) is 0 Å². The molecule has 1 amide bonds. The zero-order chi connectivity index (χ0) is 14.5. The summed E-state index contributed by atoms with van der Waals surface area (Å²) < 4.78 is 10.2. The summed E-state index contributed by atoms with van der Waals surface area (Å²) in [6.07, 6.45) is 1.55. The number of ether oxygens (including phenoxy) is 2. The standard InChI is InChI=1S/C14H15N3O3/c1-19-12-6-5-9(15)8-11(12)17-13(18)10-4-3-7-16-14(10)20-2/h3-8H,15H2,1-2H3,(H,17,18). The third kappa shape index (κ3) is 2.80. The monoisotopic (exact) mass is 273 g/mol. The molecule has 0 fully saturated rings. The number of nitrogens with zero attached hydrogens (tertiary/aromatic N) is 1. The van der Waals surface area contributed by atoms with Gasteiger partial charge < -0.3 is 20.5 Å². The maximum Gasteiger partial charge on any atom is 0.261 e. The lowest BCUT2D eigenvalue weighted by Gasteiger charge is -2.12. The van der Waals surface area contributed by atoms with E-state index in [2.05, 4.69) is 10.3 Å². The molecule has 3 N–H and O–H groups in total. The number of hydrogen-bond acceptors (Lipinski definition) is 5. The van der Waals surface area contributed by atoms with Crippen molar-refractivity contribution in [2.24, 2.45) is 0 Å². The number of hydrogen-bond donors (Lipinski definition) is 2. The van der Waals surface area contributed by atoms with Gasteiger partial charge in [0.25, 0.3) is 5.91 Å². The highest BCUT2D eigenvalue weighted by atomic mass is 16.5. The molecule has 0 bridgehead atoms. The molecule has 2 rings (SSSR count). The maximum absolute atomic E-state index is 12.2. The average Bonchev–Trinajstić information content (AvgIpc) is 2.47. The summed E-state index contributed by atoms with van der Waals surface area (Å²) in [6.45, 7) is 0. The van der Waals surface area contributed by atoms with Gasteiger partial charge in [0, 0.05) is 11.9 Å². The molecule has 0 aliphatic heterocycles. The maximum atomic E-state index is 12.2. The van der Waals surface area contributed by atoms with Gasteiger partial charge in [-0.1, -0.05) is 0 Å². The van der Waals surface area contributed by atoms with E-state index in [0.717, 1.165) is 0 Å². The van der Waals surface area contributed by atoms with Crippen molar-refractivity contribution in [3.05, 3.63) is 42.1 Å². The molecule has 0 aliphatic rings. The summed E-state index contributed by atoms with van der Waals surface area (Å²) in [5.74, 6) is 0.433. The Labute approximate surface area is 116 Å². The van der Waals surface area contributed by atoms with Crippen molar-refractivity contribution >= 4 is 17.3 Å². The second-order valence-electron chi connectivity index (χ2n) is 3.97. The Kier molecular flexibility index (Phi) is 4.05. The van der Waals surface area contributed by atoms with Gasteiger partial charge in [-0.05, 0) is 30.3 Å². The largest absolute Gasteiger partial charge is 0.495 e. The van der Waals surface area contributed by atoms with Gasteiger partial charge in [-0.25, -0.2) is 4.98 Å². The first kappa shape index (κ1) is 13.7. The smallest absolute Gasteiger partial charge is 0.261 e. The molecule has 20 heavy (non-hydrogen) atoms. The van der Waals surface area contributed by atoms with Crippen LogP contribution in [-0.4, -0.2) is 25.1 Å². The summed E-state index contributed by atoms with van der Waals surface area (Å²) in [5.41, 5.74) is 7.06. The first-order valence-electron chi connectivity index (χ1n) is 5.89. The van der Waals surface area contributed by atoms with Crippen molar-refractivity contribution in [3.63, 3.8) is 0 Å². The molecular formula is C14H15N3O3. The molecule has 0 aliphatic carbocycles. The molecule has 0 saturated carbocycles. The van der Waals surface area contributed by atoms with Gasteiger partial charge in [0.1, 0.15) is 11.3 Å². The third-order valence-electron chi connectivity index (χ3n) is 2.68. The number of rotatable bonds is 4. The molecule has 0 radical (unpaired) electrons. The number of carbonyl (C=O) groups is 1. The Hall–Kier alpha value is -2.76. The molecule has 0 atom stereocenters. The van der Waals surface area contributed by atoms with Crippen LogP contribution in [0.1, 0.15) is 10.4 Å². The van der Waals surface area contributed by atoms with Crippen LogP contribution in [0.5, 0.6) is 11.6 Å². The van der Waals surface area contributed by atoms with E-state index in [9.17, 15) is 4.79 Å². The molecule has 0 unspecified atom stereocenters. The Balaban J connectivity index is 2.30. The number of benzene rings is 1. The zero-order valence-electron chi connectivity index (χ0n) is 11.2. The van der Waals surface area contributed by atoms with Crippen molar-refractivity contribution in [2.75, 3.05) is 25.3 Å². The van der Waals surface area contributed by atoms with Gasteiger partial charge in [-0.3, -0.25) is 4.79 Å². The van der Waals surface area contributed by atoms with Crippen molar-refractivity contribution in [2.45, 2.75) is 0 Å². The predicted molar refractivity (Wildman–Crippen MR) is 76.1 cm³/mol. The minimum atomic E-state index is -0.348. The number of pyridine rings is 1. The number of nitrogens with one attached hydrogen (secondary N) is 1. The van der Waals surface area contributed by atoms with Crippen molar-refractivity contribution in [1.82, 2.24) is 4.98 Å². The fourth-order valence-corrected chi connectivity index (χ4v) is 1.74. The van der Waals surface area contributed by atoms with Crippen LogP contribution in [0.2, 0.25) is 0 Å². The highest BCUT2D eigenvalue weighted by molar-refractivity contribution is 6.06. The highest BCUT2D eigenvalue weighted by Crippen LogP contribution is 2.27. The molecule has 6 heteroatoms. The summed E-state index contributed by atoms with van der Waals surface area (Å²) in [5, 5.41) is 2.73. The average molecular weight is 273 g/mol. The van der Waals surface area contributed by atoms with Crippen LogP contribution in [0.15, 0.2) is 36.5 Å². The highest BCUT2D eigenvalue weighted by Gasteiger charge is 2.15. The van der Waals surface area contributed by atoms with Crippen LogP contribution in [-0.2, 0) is 0 Å². The van der Waals surface area contributed by atoms with E-state index in [-0.39, 0.29) is 11.8 Å². The number of nitrogens with two attached hydrogens (primary N) is 1. The fraction of sp³-hybridized carbons (Fsp3) is 0.143. The lowest BCUT2D eigenvalue weighted by atomic mass is 10.2. The molecule has 6 nitrogen and oxygen atoms in total. The van der Waals surface area contributed by atoms with E-state index < -0.39 is 0 Å². The minimum absolute atomic E-state index is 0.257. The Morgan fingerprint density at radius 1 is 1.25 bits per heavy atom. The summed E-state index contributed by atoms with van der Waals surface area (Å²) in [4.78, 5) is 16.2. The molecule has 104 valence electrons. The number of carbonyl (C=O) groups excluding carboxylic acids is 1. The summed E-state index contributed by atoms with van der Waals surface area (Å²) in [6, 6.07) is 8.29. The Morgan fingerprint density at radius 2 is 2.05 bits per heavy atom. The van der Waals surface area contributed by atoms with Crippen LogP contribution in [0.3, 0.4) is 0 Å². The molecule has 1 heterocycles. The van der Waals surface area contributed by atoms with Crippen molar-refractivity contribution in [3.8, 4) is 11.6 Å². The molecule has 1 aromatic carbocycles. The Bertz CT molecular complexity index is 629. The van der Waals surface area contributed by atoms with Gasteiger partial charge in [-0.2, -0.15) is 0 Å². The van der Waals surface area contributed by atoms with Gasteiger partial charge >= 0.3 is 0 Å². The van der Waals surface area contributed by atoms with Crippen LogP contribution in [0, 0.1) is 0 Å². The molecule has 2 aromatic rings. The number of aromatic nitrogens is 1. The first-order valence-corrected chi connectivity index (χ1v) is 5.89. The van der Waals surface area contributed by atoms with Gasteiger partial charge in [0.05, 0.1) is 19.9 Å². The summed E-state index contributed by atoms with van der Waals surface area (Å²) >= 11 is 0. The number of amides is 1. The third-order valence-corrected chi connectivity index (χ3v) is 2.68. The number of anilines is 2. The van der Waals surface area contributed by atoms with E-state index in [0.29, 0.717) is 22.7 Å². The zero-order valence-corrected chi connectivity index (χ0v) is 11.2. The lowest BCUT2D eigenvalue weighted by Crippen LogP contribution is -2.14. The van der Waals surface area contributed by atoms with Crippen molar-refractivity contribution < 1.29 is 14.3 Å². The lowest BCUT2D eigenvalue weighted by molar-refractivity contribution is 0.102. The number of nitrogen functional groups attached to an aromatic ring is 1. The van der Waals surface area contributed by atoms with Crippen LogP contribution in [0.25, 0.3) is 0 Å². The van der Waals surface area contributed by atoms with E-state index >= 15 is 0 Å². The van der Waals surface area contributed by atoms with Gasteiger partial charge in [0.2, 0.25) is 5.88 Å². The van der Waals surface area contributed by atoms with Crippen LogP contribution < -0.4 is 20.5 Å². The quantitative estimate of drug-likeness (QED) is 0.831. The van der Waals surface area contributed by atoms with Crippen molar-refractivity contribution in [1.29, 1.82) is 0 Å². The second kappa shape index (κ2) is 5.92. The molecule has 0 spiro atoms. The van der Waals surface area contributed by atoms with E-state index in [4.69, 9.17) is 15.2 Å². The fourth-order valence-electron chi connectivity index (χ4n) is 1.74. The molecule has 1 aromatic heterocycles. The van der Waals surface area contributed by atoms with Gasteiger partial charge in [0.15, 0.2) is 0 Å². The van der Waals surface area contributed by atoms with Crippen LogP contribution >= 0.6 is 0 Å². The minimum Gasteiger partial charge on any atom is -0.495 e. The van der Waals surface area contributed by atoms with Crippen LogP contribution in [0.4, 0.5) is 11.4 Å². The predicted octanol–water partition coefficient (Wildman–Crippen LogP) is 1.93. The Morgan fingerprint density at radius 3 is 2.75 bits per heavy atom. The number of methoxy groups -OCH3 is 2. The van der Waals surface area contributed by atoms with E-state index in [1.54, 1.807) is 36.5 Å². The summed E-state index contributed by atoms with van der Waals surface area (Å²) in [7, 11) is 2.98. The molecular weight excluding hydrogens is 258 g/mol. The normalized spacial score (nSPS) is 9.90. The molecule has 0 saturated heterocycles. The van der Waals surface area contributed by atoms with E-state index in [1.807, 2.05) is 0 Å². The first-order chi connectivity index (χ1) is 9.65. The van der Waals surface area contributed by atoms with E-state index in [1.165, 1.54) is 14.2 Å². The second-order valence-corrected chi connectivity index (χ2v) is 3.97. The SMILES string of the molecule is COc1ccc(N)cc1NC(=O)c1cccnc1OC. The topological polar surface area (TPSA) is 86.5 Å².